The van der Waals surface area contributed by atoms with Crippen molar-refractivity contribution in [2.75, 3.05) is 6.73 Å². The van der Waals surface area contributed by atoms with E-state index in [0.717, 1.165) is 0 Å². The molecule has 0 radical (unpaired) electrons. The van der Waals surface area contributed by atoms with Crippen LogP contribution >= 0.6 is 0 Å². The van der Waals surface area contributed by atoms with Crippen LogP contribution in [0.15, 0.2) is 0 Å². The minimum Gasteiger partial charge on any atom is -0.477 e. The van der Waals surface area contributed by atoms with Gasteiger partial charge in [-0.05, 0) is 13.8 Å². The van der Waals surface area contributed by atoms with Gasteiger partial charge in [0.25, 0.3) is 0 Å². The zero-order chi connectivity index (χ0) is 9.78. The molecule has 0 aliphatic carbocycles. The highest BCUT2D eigenvalue weighted by molar-refractivity contribution is 6.34. The Bertz CT molecular complexity index is 189. The molecular weight excluding hydrogens is 160 g/mol. The Morgan fingerprint density at radius 2 is 2.17 bits per heavy atom. The van der Waals surface area contributed by atoms with E-state index in [9.17, 15) is 4.79 Å². The summed E-state index contributed by atoms with van der Waals surface area (Å²) in [6, 6.07) is 0. The first-order valence-corrected chi connectivity index (χ1v) is 3.54. The van der Waals surface area contributed by atoms with E-state index in [2.05, 4.69) is 0 Å². The van der Waals surface area contributed by atoms with Crippen LogP contribution in [0.3, 0.4) is 0 Å². The first-order chi connectivity index (χ1) is 5.39. The monoisotopic (exact) mass is 174 g/mol. The average Bonchev–Trinajstić information content (AvgIpc) is 1.85. The normalized spacial score (nSPS) is 11.2. The van der Waals surface area contributed by atoms with Crippen LogP contribution in [0.1, 0.15) is 20.3 Å². The van der Waals surface area contributed by atoms with E-state index in [1.807, 2.05) is 0 Å². The van der Waals surface area contributed by atoms with Crippen molar-refractivity contribution >= 4 is 11.7 Å². The molecule has 0 rings (SSSR count). The molecule has 0 aromatic carbocycles. The number of ether oxygens (including phenoxy) is 1. The summed E-state index contributed by atoms with van der Waals surface area (Å²) in [5.74, 6) is -1.22. The number of nitrogens with one attached hydrogen (secondary N) is 1. The van der Waals surface area contributed by atoms with E-state index in [4.69, 9.17) is 21.0 Å². The third-order valence-electron chi connectivity index (χ3n) is 1.33. The maximum absolute atomic E-state index is 10.3. The fourth-order valence-corrected chi connectivity index (χ4v) is 0.778. The van der Waals surface area contributed by atoms with Gasteiger partial charge in [-0.3, -0.25) is 5.41 Å². The van der Waals surface area contributed by atoms with Crippen LogP contribution in [0.4, 0.5) is 0 Å². The highest BCUT2D eigenvalue weighted by Gasteiger charge is 2.23. The summed E-state index contributed by atoms with van der Waals surface area (Å²) in [5.41, 5.74) is 4.08. The average molecular weight is 174 g/mol. The standard InChI is InChI=1S/C7H14N2O3/c1-7(2,12-4-8)3-5(9)6(10)11/h9H,3-4,8H2,1-2H3,(H,10,11). The van der Waals surface area contributed by atoms with Crippen LogP contribution in [0, 0.1) is 5.41 Å². The SMILES string of the molecule is CC(C)(CC(=N)C(=O)O)OCN. The molecule has 0 saturated heterocycles. The smallest absolute Gasteiger partial charge is 0.349 e. The van der Waals surface area contributed by atoms with Gasteiger partial charge in [0.1, 0.15) is 5.71 Å². The van der Waals surface area contributed by atoms with Gasteiger partial charge in [0.2, 0.25) is 0 Å². The summed E-state index contributed by atoms with van der Waals surface area (Å²) >= 11 is 0. The molecule has 0 aromatic rings. The predicted molar refractivity (Wildman–Crippen MR) is 44.2 cm³/mol. The molecular formula is C7H14N2O3. The number of carboxylic acids is 1. The zero-order valence-corrected chi connectivity index (χ0v) is 7.26. The number of carboxylic acid groups (broad SMARTS) is 1. The second kappa shape index (κ2) is 4.18. The summed E-state index contributed by atoms with van der Waals surface area (Å²) in [7, 11) is 0. The van der Waals surface area contributed by atoms with E-state index >= 15 is 0 Å². The Labute approximate surface area is 71.0 Å². The summed E-state index contributed by atoms with van der Waals surface area (Å²) in [4.78, 5) is 10.3. The molecule has 0 amide bonds. The predicted octanol–water partition coefficient (Wildman–Crippen LogP) is 0.192. The van der Waals surface area contributed by atoms with E-state index in [1.54, 1.807) is 13.8 Å². The largest absolute Gasteiger partial charge is 0.477 e. The molecule has 5 heteroatoms. The molecule has 0 heterocycles. The summed E-state index contributed by atoms with van der Waals surface area (Å²) in [6.07, 6.45) is 0.0551. The third kappa shape index (κ3) is 4.05. The van der Waals surface area contributed by atoms with Gasteiger partial charge in [0.05, 0.1) is 12.3 Å². The maximum atomic E-state index is 10.3. The lowest BCUT2D eigenvalue weighted by Gasteiger charge is -2.23. The Balaban J connectivity index is 4.05. The third-order valence-corrected chi connectivity index (χ3v) is 1.33. The van der Waals surface area contributed by atoms with E-state index in [0.29, 0.717) is 0 Å². The molecule has 0 aliphatic rings. The van der Waals surface area contributed by atoms with Gasteiger partial charge in [-0.15, -0.1) is 0 Å². The minimum atomic E-state index is -1.22. The van der Waals surface area contributed by atoms with Crippen molar-refractivity contribution in [1.82, 2.24) is 0 Å². The van der Waals surface area contributed by atoms with E-state index < -0.39 is 11.6 Å². The van der Waals surface area contributed by atoms with Gasteiger partial charge in [0, 0.05) is 6.42 Å². The van der Waals surface area contributed by atoms with Crippen LogP contribution in [0.2, 0.25) is 0 Å². The highest BCUT2D eigenvalue weighted by atomic mass is 16.5. The molecule has 0 unspecified atom stereocenters. The van der Waals surface area contributed by atoms with Gasteiger partial charge >= 0.3 is 5.97 Å². The summed E-state index contributed by atoms with van der Waals surface area (Å²) in [6.45, 7) is 3.41. The number of rotatable bonds is 5. The Hall–Kier alpha value is -0.940. The lowest BCUT2D eigenvalue weighted by Crippen LogP contribution is -2.32. The van der Waals surface area contributed by atoms with Crippen molar-refractivity contribution in [1.29, 1.82) is 5.41 Å². The molecule has 70 valence electrons. The van der Waals surface area contributed by atoms with Crippen molar-refractivity contribution in [3.05, 3.63) is 0 Å². The van der Waals surface area contributed by atoms with Gasteiger partial charge in [-0.25, -0.2) is 4.79 Å². The number of hydrogen-bond acceptors (Lipinski definition) is 4. The fourth-order valence-electron chi connectivity index (χ4n) is 0.778. The Morgan fingerprint density at radius 1 is 1.67 bits per heavy atom. The van der Waals surface area contributed by atoms with Crippen molar-refractivity contribution in [3.8, 4) is 0 Å². The number of nitrogens with two attached hydrogens (primary N) is 1. The van der Waals surface area contributed by atoms with Crippen molar-refractivity contribution in [3.63, 3.8) is 0 Å². The Kier molecular flexibility index (Phi) is 3.85. The van der Waals surface area contributed by atoms with Crippen LogP contribution in [0.5, 0.6) is 0 Å². The maximum Gasteiger partial charge on any atom is 0.349 e. The minimum absolute atomic E-state index is 0.0277. The Morgan fingerprint density at radius 3 is 2.50 bits per heavy atom. The molecule has 4 N–H and O–H groups in total. The summed E-state index contributed by atoms with van der Waals surface area (Å²) in [5, 5.41) is 15.5. The van der Waals surface area contributed by atoms with Gasteiger partial charge in [0.15, 0.2) is 0 Å². The second-order valence-corrected chi connectivity index (χ2v) is 3.03. The van der Waals surface area contributed by atoms with Crippen LogP contribution < -0.4 is 5.73 Å². The lowest BCUT2D eigenvalue weighted by atomic mass is 10.0. The van der Waals surface area contributed by atoms with Gasteiger partial charge in [-0.1, -0.05) is 0 Å². The van der Waals surface area contributed by atoms with E-state index in [1.165, 1.54) is 0 Å². The summed E-state index contributed by atoms with van der Waals surface area (Å²) < 4.78 is 5.02. The molecule has 0 bridgehead atoms. The van der Waals surface area contributed by atoms with Gasteiger partial charge in [-0.2, -0.15) is 0 Å². The molecule has 5 nitrogen and oxygen atoms in total. The number of aliphatic carboxylic acids is 1. The second-order valence-electron chi connectivity index (χ2n) is 3.03. The molecule has 0 spiro atoms. The fraction of sp³-hybridized carbons (Fsp3) is 0.714. The quantitative estimate of drug-likeness (QED) is 0.409. The van der Waals surface area contributed by atoms with Crippen LogP contribution in [0.25, 0.3) is 0 Å². The van der Waals surface area contributed by atoms with Crippen molar-refractivity contribution < 1.29 is 14.6 Å². The lowest BCUT2D eigenvalue weighted by molar-refractivity contribution is -0.130. The molecule has 12 heavy (non-hydrogen) atoms. The van der Waals surface area contributed by atoms with E-state index in [-0.39, 0.29) is 18.9 Å². The van der Waals surface area contributed by atoms with Crippen LogP contribution in [-0.2, 0) is 9.53 Å². The number of hydrogen-bond donors (Lipinski definition) is 3. The van der Waals surface area contributed by atoms with Gasteiger partial charge < -0.3 is 15.6 Å². The first kappa shape index (κ1) is 11.1. The topological polar surface area (TPSA) is 96.4 Å². The molecule has 0 aliphatic heterocycles. The van der Waals surface area contributed by atoms with Crippen LogP contribution in [-0.4, -0.2) is 29.1 Å². The first-order valence-electron chi connectivity index (χ1n) is 3.54. The zero-order valence-electron chi connectivity index (χ0n) is 7.26. The van der Waals surface area contributed by atoms with Crippen molar-refractivity contribution in [2.24, 2.45) is 5.73 Å². The number of carbonyl (C=O) groups is 1. The molecule has 0 atom stereocenters. The van der Waals surface area contributed by atoms with Crippen molar-refractivity contribution in [2.45, 2.75) is 25.9 Å². The molecule has 0 saturated carbocycles. The molecule has 0 aromatic heterocycles. The molecule has 0 fully saturated rings. The highest BCUT2D eigenvalue weighted by Crippen LogP contribution is 2.13.